The molecule has 0 spiro atoms. The molecule has 2 aromatic rings. The number of piperidine rings is 1. The number of nitrogens with zero attached hydrogens (tertiary/aromatic N) is 6. The van der Waals surface area contributed by atoms with Crippen LogP contribution < -0.4 is 0 Å². The highest BCUT2D eigenvalue weighted by Gasteiger charge is 2.34. The van der Waals surface area contributed by atoms with Crippen molar-refractivity contribution in [3.63, 3.8) is 0 Å². The molecule has 1 amide bonds. The van der Waals surface area contributed by atoms with Crippen LogP contribution in [0.3, 0.4) is 0 Å². The number of amides is 1. The zero-order valence-corrected chi connectivity index (χ0v) is 17.8. The van der Waals surface area contributed by atoms with E-state index in [-0.39, 0.29) is 12.5 Å². The van der Waals surface area contributed by atoms with Crippen LogP contribution in [0.2, 0.25) is 0 Å². The molecule has 1 atom stereocenters. The van der Waals surface area contributed by atoms with Crippen molar-refractivity contribution in [2.24, 2.45) is 5.92 Å². The zero-order chi connectivity index (χ0) is 20.8. The van der Waals surface area contributed by atoms with E-state index in [0.29, 0.717) is 12.0 Å². The van der Waals surface area contributed by atoms with Gasteiger partial charge in [0.2, 0.25) is 5.91 Å². The molecule has 2 fully saturated rings. The molecule has 8 nitrogen and oxygen atoms in total. The van der Waals surface area contributed by atoms with E-state index in [1.807, 2.05) is 35.0 Å². The maximum atomic E-state index is 12.6. The molecule has 1 aromatic heterocycles. The Morgan fingerprint density at radius 1 is 1.07 bits per heavy atom. The van der Waals surface area contributed by atoms with E-state index in [0.717, 1.165) is 63.4 Å². The summed E-state index contributed by atoms with van der Waals surface area (Å²) in [7, 11) is 1.60. The minimum absolute atomic E-state index is 0.147. The maximum absolute atomic E-state index is 12.6. The van der Waals surface area contributed by atoms with Crippen molar-refractivity contribution in [1.29, 1.82) is 0 Å². The topological polar surface area (TPSA) is 76.4 Å². The summed E-state index contributed by atoms with van der Waals surface area (Å²) in [5.41, 5.74) is 0.984. The number of methoxy groups -OCH3 is 1. The standard InChI is InChI=1S/C22H32N6O2/c1-30-17-22(29)27-13-7-3-6-10-20(27)18-11-14-26(15-12-18)16-21-23-24-25-28(21)19-8-4-2-5-9-19/h2,4-5,8-9,18,20H,3,6-7,10-17H2,1H3/t20-/m0/s1. The molecule has 2 aliphatic rings. The average molecular weight is 413 g/mol. The summed E-state index contributed by atoms with van der Waals surface area (Å²) in [6.45, 7) is 3.83. The summed E-state index contributed by atoms with van der Waals surface area (Å²) in [4.78, 5) is 17.2. The van der Waals surface area contributed by atoms with Crippen LogP contribution in [0.15, 0.2) is 30.3 Å². The van der Waals surface area contributed by atoms with Gasteiger partial charge >= 0.3 is 0 Å². The molecule has 1 aromatic carbocycles. The molecule has 162 valence electrons. The third-order valence-electron chi connectivity index (χ3n) is 6.46. The fourth-order valence-electron chi connectivity index (χ4n) is 4.91. The van der Waals surface area contributed by atoms with Crippen molar-refractivity contribution in [2.45, 2.75) is 51.1 Å². The normalized spacial score (nSPS) is 21.5. The summed E-state index contributed by atoms with van der Waals surface area (Å²) in [6, 6.07) is 10.4. The predicted octanol–water partition coefficient (Wildman–Crippen LogP) is 2.29. The molecule has 2 aliphatic heterocycles. The summed E-state index contributed by atoms with van der Waals surface area (Å²) < 4.78 is 6.96. The highest BCUT2D eigenvalue weighted by atomic mass is 16.5. The summed E-state index contributed by atoms with van der Waals surface area (Å²) >= 11 is 0. The van der Waals surface area contributed by atoms with E-state index in [1.54, 1.807) is 7.11 Å². The number of hydrogen-bond acceptors (Lipinski definition) is 6. The first-order chi connectivity index (χ1) is 14.8. The smallest absolute Gasteiger partial charge is 0.248 e. The number of hydrogen-bond donors (Lipinski definition) is 0. The lowest BCUT2D eigenvalue weighted by Gasteiger charge is -2.40. The molecule has 0 N–H and O–H groups in total. The van der Waals surface area contributed by atoms with Crippen LogP contribution in [-0.2, 0) is 16.1 Å². The molecule has 0 bridgehead atoms. The van der Waals surface area contributed by atoms with Gasteiger partial charge in [-0.2, -0.15) is 4.68 Å². The number of carbonyl (C=O) groups is 1. The lowest BCUT2D eigenvalue weighted by molar-refractivity contribution is -0.139. The van der Waals surface area contributed by atoms with E-state index < -0.39 is 0 Å². The van der Waals surface area contributed by atoms with E-state index in [9.17, 15) is 4.79 Å². The largest absolute Gasteiger partial charge is 0.375 e. The first kappa shape index (κ1) is 20.9. The summed E-state index contributed by atoms with van der Waals surface area (Å²) in [5, 5.41) is 12.3. The highest BCUT2D eigenvalue weighted by molar-refractivity contribution is 5.77. The zero-order valence-electron chi connectivity index (χ0n) is 17.8. The van der Waals surface area contributed by atoms with E-state index in [1.165, 1.54) is 12.8 Å². The third kappa shape index (κ3) is 4.87. The van der Waals surface area contributed by atoms with Gasteiger partial charge in [-0.25, -0.2) is 0 Å². The monoisotopic (exact) mass is 412 g/mol. The molecule has 8 heteroatoms. The Balaban J connectivity index is 1.37. The van der Waals surface area contributed by atoms with Crippen LogP contribution in [0.4, 0.5) is 0 Å². The highest BCUT2D eigenvalue weighted by Crippen LogP contribution is 2.30. The Labute approximate surface area is 178 Å². The van der Waals surface area contributed by atoms with Gasteiger partial charge < -0.3 is 9.64 Å². The SMILES string of the molecule is COCC(=O)N1CCCCC[C@H]1C1CCN(Cc2nnnn2-c2ccccc2)CC1. The molecular formula is C22H32N6O2. The average Bonchev–Trinajstić information content (AvgIpc) is 3.09. The Morgan fingerprint density at radius 3 is 2.63 bits per heavy atom. The molecule has 0 saturated carbocycles. The molecule has 4 rings (SSSR count). The quantitative estimate of drug-likeness (QED) is 0.725. The van der Waals surface area contributed by atoms with Crippen LogP contribution in [-0.4, -0.2) is 75.3 Å². The first-order valence-electron chi connectivity index (χ1n) is 11.1. The first-order valence-corrected chi connectivity index (χ1v) is 11.1. The Morgan fingerprint density at radius 2 is 1.87 bits per heavy atom. The molecular weight excluding hydrogens is 380 g/mol. The molecule has 3 heterocycles. The van der Waals surface area contributed by atoms with Crippen LogP contribution in [0, 0.1) is 5.92 Å². The number of benzene rings is 1. The number of rotatable bonds is 6. The number of ether oxygens (including phenoxy) is 1. The second-order valence-electron chi connectivity index (χ2n) is 8.39. The van der Waals surface area contributed by atoms with E-state index >= 15 is 0 Å². The fraction of sp³-hybridized carbons (Fsp3) is 0.636. The van der Waals surface area contributed by atoms with Crippen molar-refractivity contribution in [1.82, 2.24) is 30.0 Å². The van der Waals surface area contributed by atoms with Crippen molar-refractivity contribution in [3.05, 3.63) is 36.2 Å². The van der Waals surface area contributed by atoms with E-state index in [4.69, 9.17) is 4.74 Å². The van der Waals surface area contributed by atoms with Gasteiger partial charge in [0.15, 0.2) is 5.82 Å². The lowest BCUT2D eigenvalue weighted by atomic mass is 9.86. The minimum atomic E-state index is 0.147. The van der Waals surface area contributed by atoms with Gasteiger partial charge in [-0.1, -0.05) is 31.0 Å². The summed E-state index contributed by atoms with van der Waals surface area (Å²) in [5.74, 6) is 1.57. The minimum Gasteiger partial charge on any atom is -0.375 e. The molecule has 0 aliphatic carbocycles. The van der Waals surface area contributed by atoms with Gasteiger partial charge in [-0.3, -0.25) is 9.69 Å². The van der Waals surface area contributed by atoms with Crippen LogP contribution in [0.5, 0.6) is 0 Å². The fourth-order valence-corrected chi connectivity index (χ4v) is 4.91. The van der Waals surface area contributed by atoms with Crippen LogP contribution in [0.1, 0.15) is 44.3 Å². The molecule has 0 radical (unpaired) electrons. The summed E-state index contributed by atoms with van der Waals surface area (Å²) in [6.07, 6.45) is 6.86. The van der Waals surface area contributed by atoms with Gasteiger partial charge in [0.25, 0.3) is 0 Å². The predicted molar refractivity (Wildman–Crippen MR) is 113 cm³/mol. The van der Waals surface area contributed by atoms with E-state index in [2.05, 4.69) is 25.3 Å². The third-order valence-corrected chi connectivity index (χ3v) is 6.46. The lowest BCUT2D eigenvalue weighted by Crippen LogP contribution is -2.48. The second-order valence-corrected chi connectivity index (χ2v) is 8.39. The Hall–Kier alpha value is -2.32. The van der Waals surface area contributed by atoms with Gasteiger partial charge in [0.05, 0.1) is 12.2 Å². The van der Waals surface area contributed by atoms with Crippen molar-refractivity contribution >= 4 is 5.91 Å². The van der Waals surface area contributed by atoms with Gasteiger partial charge in [-0.15, -0.1) is 5.10 Å². The van der Waals surface area contributed by atoms with Crippen LogP contribution in [0.25, 0.3) is 5.69 Å². The molecule has 2 saturated heterocycles. The molecule has 30 heavy (non-hydrogen) atoms. The second kappa shape index (κ2) is 10.1. The number of aromatic nitrogens is 4. The van der Waals surface area contributed by atoms with Crippen LogP contribution >= 0.6 is 0 Å². The Kier molecular flexibility index (Phi) is 7.07. The Bertz CT molecular complexity index is 803. The number of carbonyl (C=O) groups excluding carboxylic acids is 1. The van der Waals surface area contributed by atoms with Crippen molar-refractivity contribution < 1.29 is 9.53 Å². The maximum Gasteiger partial charge on any atom is 0.248 e. The molecule has 0 unspecified atom stereocenters. The van der Waals surface area contributed by atoms with Crippen molar-refractivity contribution in [2.75, 3.05) is 33.4 Å². The van der Waals surface area contributed by atoms with Gasteiger partial charge in [0, 0.05) is 19.7 Å². The number of likely N-dealkylation sites (tertiary alicyclic amines) is 2. The number of tetrazole rings is 1. The van der Waals surface area contributed by atoms with Gasteiger partial charge in [0.1, 0.15) is 6.61 Å². The number of para-hydroxylation sites is 1. The van der Waals surface area contributed by atoms with Gasteiger partial charge in [-0.05, 0) is 67.3 Å². The van der Waals surface area contributed by atoms with Crippen molar-refractivity contribution in [3.8, 4) is 5.69 Å².